The molecule has 1 unspecified atom stereocenters. The molecular formula is C16H19FN2O. The summed E-state index contributed by atoms with van der Waals surface area (Å²) < 4.78 is 13.9. The molecule has 1 saturated heterocycles. The normalized spacial score (nSPS) is 19.6. The zero-order chi connectivity index (χ0) is 14.5. The highest BCUT2D eigenvalue weighted by molar-refractivity contribution is 5.76. The molecule has 0 aromatic heterocycles. The molecule has 2 rings (SSSR count). The average Bonchev–Trinajstić information content (AvgIpc) is 2.63. The van der Waals surface area contributed by atoms with E-state index >= 15 is 0 Å². The van der Waals surface area contributed by atoms with Gasteiger partial charge in [0.1, 0.15) is 5.82 Å². The van der Waals surface area contributed by atoms with Crippen LogP contribution in [0.1, 0.15) is 43.7 Å². The number of rotatable bonds is 3. The molecule has 1 aromatic carbocycles. The van der Waals surface area contributed by atoms with Gasteiger partial charge < -0.3 is 4.90 Å². The molecule has 0 aliphatic carbocycles. The number of nitrogens with zero attached hydrogens (tertiary/aromatic N) is 2. The predicted molar refractivity (Wildman–Crippen MR) is 74.2 cm³/mol. The maximum absolute atomic E-state index is 13.9. The van der Waals surface area contributed by atoms with Gasteiger partial charge in [-0.2, -0.15) is 5.26 Å². The van der Waals surface area contributed by atoms with Crippen molar-refractivity contribution >= 4 is 5.91 Å². The van der Waals surface area contributed by atoms with Gasteiger partial charge in [-0.15, -0.1) is 0 Å². The molecule has 1 aliphatic rings. The van der Waals surface area contributed by atoms with Crippen LogP contribution in [0.4, 0.5) is 4.39 Å². The fourth-order valence-corrected chi connectivity index (χ4v) is 2.62. The number of carbonyl (C=O) groups is 1. The highest BCUT2D eigenvalue weighted by Crippen LogP contribution is 2.23. The molecule has 1 aromatic rings. The van der Waals surface area contributed by atoms with Crippen LogP contribution in [0.2, 0.25) is 0 Å². The Hall–Kier alpha value is -1.89. The van der Waals surface area contributed by atoms with Crippen molar-refractivity contribution in [3.05, 3.63) is 35.1 Å². The molecular weight excluding hydrogens is 255 g/mol. The maximum atomic E-state index is 13.9. The van der Waals surface area contributed by atoms with Gasteiger partial charge in [0.05, 0.1) is 11.6 Å². The van der Waals surface area contributed by atoms with Crippen LogP contribution in [0.3, 0.4) is 0 Å². The Balaban J connectivity index is 2.09. The van der Waals surface area contributed by atoms with Gasteiger partial charge in [0.15, 0.2) is 0 Å². The third kappa shape index (κ3) is 3.36. The number of hydrogen-bond acceptors (Lipinski definition) is 2. The highest BCUT2D eigenvalue weighted by atomic mass is 19.1. The van der Waals surface area contributed by atoms with E-state index in [0.29, 0.717) is 36.6 Å². The molecule has 1 heterocycles. The Morgan fingerprint density at radius 2 is 2.25 bits per heavy atom. The number of benzene rings is 1. The molecule has 0 saturated carbocycles. The fourth-order valence-electron chi connectivity index (χ4n) is 2.62. The molecule has 1 aliphatic heterocycles. The van der Waals surface area contributed by atoms with Crippen molar-refractivity contribution in [1.29, 1.82) is 5.26 Å². The van der Waals surface area contributed by atoms with Gasteiger partial charge in [-0.3, -0.25) is 4.79 Å². The molecule has 0 radical (unpaired) electrons. The van der Waals surface area contributed by atoms with Crippen LogP contribution < -0.4 is 0 Å². The summed E-state index contributed by atoms with van der Waals surface area (Å²) in [4.78, 5) is 13.8. The maximum Gasteiger partial charge on any atom is 0.222 e. The van der Waals surface area contributed by atoms with E-state index in [0.717, 1.165) is 19.3 Å². The number of hydrogen-bond donors (Lipinski definition) is 0. The molecule has 1 fully saturated rings. The number of amides is 1. The van der Waals surface area contributed by atoms with Crippen molar-refractivity contribution < 1.29 is 9.18 Å². The molecule has 20 heavy (non-hydrogen) atoms. The van der Waals surface area contributed by atoms with E-state index in [1.807, 2.05) is 6.07 Å². The molecule has 1 atom stereocenters. The van der Waals surface area contributed by atoms with Gasteiger partial charge in [-0.05, 0) is 30.9 Å². The van der Waals surface area contributed by atoms with Crippen molar-refractivity contribution in [3.63, 3.8) is 0 Å². The molecule has 1 amide bonds. The lowest BCUT2D eigenvalue weighted by Gasteiger charge is -2.21. The van der Waals surface area contributed by atoms with Gasteiger partial charge in [0.25, 0.3) is 0 Å². The first-order valence-electron chi connectivity index (χ1n) is 7.10. The third-order valence-corrected chi connectivity index (χ3v) is 4.05. The Morgan fingerprint density at radius 1 is 1.45 bits per heavy atom. The zero-order valence-electron chi connectivity index (χ0n) is 11.7. The van der Waals surface area contributed by atoms with Crippen LogP contribution >= 0.6 is 0 Å². The summed E-state index contributed by atoms with van der Waals surface area (Å²) in [5.41, 5.74) is 0.784. The van der Waals surface area contributed by atoms with E-state index < -0.39 is 5.82 Å². The van der Waals surface area contributed by atoms with Crippen molar-refractivity contribution in [2.75, 3.05) is 6.54 Å². The summed E-state index contributed by atoms with van der Waals surface area (Å²) in [5.74, 6) is 0.285. The lowest BCUT2D eigenvalue weighted by molar-refractivity contribution is -0.131. The van der Waals surface area contributed by atoms with Gasteiger partial charge >= 0.3 is 0 Å². The first-order chi connectivity index (χ1) is 9.63. The Morgan fingerprint density at radius 3 is 2.90 bits per heavy atom. The monoisotopic (exact) mass is 274 g/mol. The van der Waals surface area contributed by atoms with Gasteiger partial charge in [0.2, 0.25) is 5.91 Å². The SMILES string of the molecule is CCC1CCC(=O)N(Cc2ccc(C#N)cc2F)CC1. The van der Waals surface area contributed by atoms with Crippen molar-refractivity contribution in [2.45, 2.75) is 39.2 Å². The lowest BCUT2D eigenvalue weighted by atomic mass is 9.98. The van der Waals surface area contributed by atoms with E-state index in [1.54, 1.807) is 17.0 Å². The van der Waals surface area contributed by atoms with Crippen molar-refractivity contribution in [2.24, 2.45) is 5.92 Å². The number of halogens is 1. The summed E-state index contributed by atoms with van der Waals surface area (Å²) in [6.45, 7) is 3.13. The number of carbonyl (C=O) groups excluding carboxylic acids is 1. The molecule has 106 valence electrons. The second-order valence-corrected chi connectivity index (χ2v) is 5.33. The number of nitriles is 1. The van der Waals surface area contributed by atoms with Crippen LogP contribution in [-0.2, 0) is 11.3 Å². The number of likely N-dealkylation sites (tertiary alicyclic amines) is 1. The fraction of sp³-hybridized carbons (Fsp3) is 0.500. The first kappa shape index (κ1) is 14.5. The summed E-state index contributed by atoms with van der Waals surface area (Å²) >= 11 is 0. The summed E-state index contributed by atoms with van der Waals surface area (Å²) in [6.07, 6.45) is 3.56. The molecule has 3 nitrogen and oxygen atoms in total. The Labute approximate surface area is 119 Å². The molecule has 0 N–H and O–H groups in total. The first-order valence-corrected chi connectivity index (χ1v) is 7.10. The van der Waals surface area contributed by atoms with Crippen molar-refractivity contribution in [3.8, 4) is 6.07 Å². The minimum atomic E-state index is -0.409. The van der Waals surface area contributed by atoms with Crippen LogP contribution in [0.5, 0.6) is 0 Å². The Bertz CT molecular complexity index is 536. The van der Waals surface area contributed by atoms with Gasteiger partial charge in [0, 0.05) is 25.1 Å². The van der Waals surface area contributed by atoms with Crippen LogP contribution in [-0.4, -0.2) is 17.4 Å². The summed E-state index contributed by atoms with van der Waals surface area (Å²) in [5, 5.41) is 8.73. The minimum absolute atomic E-state index is 0.102. The third-order valence-electron chi connectivity index (χ3n) is 4.05. The van der Waals surface area contributed by atoms with Crippen molar-refractivity contribution in [1.82, 2.24) is 4.90 Å². The second kappa shape index (κ2) is 6.51. The van der Waals surface area contributed by atoms with E-state index in [-0.39, 0.29) is 5.91 Å². The second-order valence-electron chi connectivity index (χ2n) is 5.33. The minimum Gasteiger partial charge on any atom is -0.338 e. The lowest BCUT2D eigenvalue weighted by Crippen LogP contribution is -2.30. The topological polar surface area (TPSA) is 44.1 Å². The smallest absolute Gasteiger partial charge is 0.222 e. The van der Waals surface area contributed by atoms with E-state index in [2.05, 4.69) is 6.92 Å². The zero-order valence-corrected chi connectivity index (χ0v) is 11.7. The molecule has 4 heteroatoms. The van der Waals surface area contributed by atoms with E-state index in [4.69, 9.17) is 5.26 Å². The van der Waals surface area contributed by atoms with E-state index in [9.17, 15) is 9.18 Å². The highest BCUT2D eigenvalue weighted by Gasteiger charge is 2.22. The average molecular weight is 274 g/mol. The van der Waals surface area contributed by atoms with Gasteiger partial charge in [-0.25, -0.2) is 4.39 Å². The van der Waals surface area contributed by atoms with E-state index in [1.165, 1.54) is 6.07 Å². The van der Waals surface area contributed by atoms with Crippen LogP contribution in [0, 0.1) is 23.1 Å². The standard InChI is InChI=1S/C16H19FN2O/c1-2-12-4-6-16(20)19(8-7-12)11-14-5-3-13(10-18)9-15(14)17/h3,5,9,12H,2,4,6-8,11H2,1H3. The quantitative estimate of drug-likeness (QED) is 0.849. The Kier molecular flexibility index (Phi) is 4.73. The molecule has 0 spiro atoms. The summed E-state index contributed by atoms with van der Waals surface area (Å²) in [6, 6.07) is 6.33. The van der Waals surface area contributed by atoms with Crippen LogP contribution in [0.15, 0.2) is 18.2 Å². The van der Waals surface area contributed by atoms with Crippen LogP contribution in [0.25, 0.3) is 0 Å². The summed E-state index contributed by atoms with van der Waals surface area (Å²) in [7, 11) is 0. The molecule has 0 bridgehead atoms. The van der Waals surface area contributed by atoms with Gasteiger partial charge in [-0.1, -0.05) is 19.4 Å². The largest absolute Gasteiger partial charge is 0.338 e. The predicted octanol–water partition coefficient (Wildman–Crippen LogP) is 3.24.